The van der Waals surface area contributed by atoms with Gasteiger partial charge in [-0.05, 0) is 41.3 Å². The molecule has 0 aliphatic carbocycles. The molecule has 7 heteroatoms. The molecule has 0 aliphatic heterocycles. The zero-order valence-corrected chi connectivity index (χ0v) is 12.2. The summed E-state index contributed by atoms with van der Waals surface area (Å²) >= 11 is 6.69. The molecule has 0 N–H and O–H groups in total. The van der Waals surface area contributed by atoms with Crippen molar-refractivity contribution >= 4 is 39.2 Å². The largest absolute Gasteiger partial charge is 0.268 e. The van der Waals surface area contributed by atoms with E-state index in [2.05, 4.69) is 37.3 Å². The molecule has 0 aliphatic rings. The van der Waals surface area contributed by atoms with Crippen LogP contribution in [0.25, 0.3) is 0 Å². The van der Waals surface area contributed by atoms with Crippen molar-refractivity contribution in [2.45, 2.75) is 30.5 Å². The highest BCUT2D eigenvalue weighted by molar-refractivity contribution is 9.10. The Labute approximate surface area is 111 Å². The number of hydrogen-bond donors (Lipinski definition) is 0. The molecule has 2 aromatic heterocycles. The SMILES string of the molecule is CCn1nc(C)c(Br)c1CSc1ncns1. The van der Waals surface area contributed by atoms with E-state index in [-0.39, 0.29) is 0 Å². The summed E-state index contributed by atoms with van der Waals surface area (Å²) in [6.45, 7) is 4.99. The Morgan fingerprint density at radius 3 is 3.00 bits per heavy atom. The molecule has 2 heterocycles. The second-order valence-electron chi connectivity index (χ2n) is 3.16. The minimum absolute atomic E-state index is 0.866. The van der Waals surface area contributed by atoms with Crippen LogP contribution >= 0.6 is 39.2 Å². The van der Waals surface area contributed by atoms with Gasteiger partial charge in [-0.3, -0.25) is 4.68 Å². The first-order chi connectivity index (χ1) is 7.72. The summed E-state index contributed by atoms with van der Waals surface area (Å²) in [7, 11) is 0. The summed E-state index contributed by atoms with van der Waals surface area (Å²) in [6.07, 6.45) is 1.59. The fraction of sp³-hybridized carbons (Fsp3) is 0.444. The van der Waals surface area contributed by atoms with Crippen LogP contribution in [0, 0.1) is 6.92 Å². The summed E-state index contributed by atoms with van der Waals surface area (Å²) in [5.74, 6) is 0.866. The van der Waals surface area contributed by atoms with Crippen LogP contribution in [0.15, 0.2) is 15.1 Å². The molecule has 0 bridgehead atoms. The Morgan fingerprint density at radius 2 is 2.38 bits per heavy atom. The second-order valence-corrected chi connectivity index (χ2v) is 5.95. The van der Waals surface area contributed by atoms with Gasteiger partial charge in [0.1, 0.15) is 6.33 Å². The van der Waals surface area contributed by atoms with E-state index in [9.17, 15) is 0 Å². The van der Waals surface area contributed by atoms with E-state index in [1.54, 1.807) is 18.1 Å². The molecule has 2 aromatic rings. The highest BCUT2D eigenvalue weighted by Crippen LogP contribution is 2.29. The van der Waals surface area contributed by atoms with Gasteiger partial charge >= 0.3 is 0 Å². The molecular weight excluding hydrogens is 308 g/mol. The topological polar surface area (TPSA) is 43.6 Å². The van der Waals surface area contributed by atoms with Crippen LogP contribution < -0.4 is 0 Å². The fourth-order valence-corrected chi connectivity index (χ4v) is 3.44. The van der Waals surface area contributed by atoms with Gasteiger partial charge in [-0.1, -0.05) is 11.8 Å². The van der Waals surface area contributed by atoms with Gasteiger partial charge in [0.05, 0.1) is 15.9 Å². The number of halogens is 1. The normalized spacial score (nSPS) is 10.9. The van der Waals surface area contributed by atoms with E-state index in [1.807, 2.05) is 11.6 Å². The quantitative estimate of drug-likeness (QED) is 0.812. The molecule has 16 heavy (non-hydrogen) atoms. The van der Waals surface area contributed by atoms with Crippen molar-refractivity contribution < 1.29 is 0 Å². The molecule has 4 nitrogen and oxygen atoms in total. The van der Waals surface area contributed by atoms with Gasteiger partial charge in [0.2, 0.25) is 0 Å². The van der Waals surface area contributed by atoms with Crippen molar-refractivity contribution in [2.24, 2.45) is 0 Å². The summed E-state index contributed by atoms with van der Waals surface area (Å²) < 4.78 is 8.10. The van der Waals surface area contributed by atoms with Crippen molar-refractivity contribution in [2.75, 3.05) is 0 Å². The van der Waals surface area contributed by atoms with Gasteiger partial charge in [0, 0.05) is 12.3 Å². The summed E-state index contributed by atoms with van der Waals surface area (Å²) in [5, 5.41) is 4.45. The lowest BCUT2D eigenvalue weighted by Crippen LogP contribution is -2.01. The molecule has 86 valence electrons. The van der Waals surface area contributed by atoms with Gasteiger partial charge in [0.25, 0.3) is 0 Å². The zero-order valence-electron chi connectivity index (χ0n) is 8.97. The third kappa shape index (κ3) is 2.46. The van der Waals surface area contributed by atoms with Crippen LogP contribution in [-0.2, 0) is 12.3 Å². The maximum absolute atomic E-state index is 4.45. The lowest BCUT2D eigenvalue weighted by molar-refractivity contribution is 0.631. The van der Waals surface area contributed by atoms with Gasteiger partial charge in [0.15, 0.2) is 4.34 Å². The molecule has 0 fully saturated rings. The molecule has 0 amide bonds. The summed E-state index contributed by atoms with van der Waals surface area (Å²) in [5.41, 5.74) is 2.25. The van der Waals surface area contributed by atoms with Crippen molar-refractivity contribution in [1.82, 2.24) is 19.1 Å². The predicted octanol–water partition coefficient (Wildman–Crippen LogP) is 3.12. The number of aromatic nitrogens is 4. The van der Waals surface area contributed by atoms with Gasteiger partial charge < -0.3 is 0 Å². The standard InChI is InChI=1S/C9H11BrN4S2/c1-3-14-7(8(10)6(2)13-14)4-15-9-11-5-12-16-9/h5H,3-4H2,1-2H3. The van der Waals surface area contributed by atoms with Crippen molar-refractivity contribution in [3.8, 4) is 0 Å². The Hall–Kier alpha value is -0.400. The smallest absolute Gasteiger partial charge is 0.170 e. The van der Waals surface area contributed by atoms with E-state index < -0.39 is 0 Å². The molecule has 0 saturated heterocycles. The van der Waals surface area contributed by atoms with Crippen LogP contribution in [0.3, 0.4) is 0 Å². The van der Waals surface area contributed by atoms with Crippen molar-refractivity contribution in [3.05, 3.63) is 22.2 Å². The van der Waals surface area contributed by atoms with Crippen LogP contribution in [0.5, 0.6) is 0 Å². The lowest BCUT2D eigenvalue weighted by atomic mass is 10.4. The molecule has 0 atom stereocenters. The van der Waals surface area contributed by atoms with Crippen LogP contribution in [0.1, 0.15) is 18.3 Å². The maximum atomic E-state index is 4.45. The van der Waals surface area contributed by atoms with Crippen molar-refractivity contribution in [3.63, 3.8) is 0 Å². The molecule has 0 saturated carbocycles. The first-order valence-electron chi connectivity index (χ1n) is 4.83. The molecule has 0 spiro atoms. The zero-order chi connectivity index (χ0) is 11.5. The highest BCUT2D eigenvalue weighted by Gasteiger charge is 2.12. The number of thioether (sulfide) groups is 1. The van der Waals surface area contributed by atoms with E-state index in [0.29, 0.717) is 0 Å². The Balaban J connectivity index is 2.14. The third-order valence-electron chi connectivity index (χ3n) is 2.13. The van der Waals surface area contributed by atoms with E-state index in [1.165, 1.54) is 17.2 Å². The summed E-state index contributed by atoms with van der Waals surface area (Å²) in [4.78, 5) is 4.15. The monoisotopic (exact) mass is 318 g/mol. The van der Waals surface area contributed by atoms with E-state index in [4.69, 9.17) is 0 Å². The average Bonchev–Trinajstić information content (AvgIpc) is 2.87. The Morgan fingerprint density at radius 1 is 1.56 bits per heavy atom. The highest BCUT2D eigenvalue weighted by atomic mass is 79.9. The van der Waals surface area contributed by atoms with Gasteiger partial charge in [-0.25, -0.2) is 4.98 Å². The van der Waals surface area contributed by atoms with Gasteiger partial charge in [-0.15, -0.1) is 0 Å². The number of nitrogens with zero attached hydrogens (tertiary/aromatic N) is 4. The minimum atomic E-state index is 0.866. The van der Waals surface area contributed by atoms with E-state index >= 15 is 0 Å². The first kappa shape index (κ1) is 12.1. The van der Waals surface area contributed by atoms with Gasteiger partial charge in [-0.2, -0.15) is 9.47 Å². The fourth-order valence-electron chi connectivity index (χ4n) is 1.36. The average molecular weight is 319 g/mol. The number of aryl methyl sites for hydroxylation is 2. The van der Waals surface area contributed by atoms with E-state index in [0.717, 1.165) is 26.8 Å². The summed E-state index contributed by atoms with van der Waals surface area (Å²) in [6, 6.07) is 0. The molecule has 0 aromatic carbocycles. The first-order valence-corrected chi connectivity index (χ1v) is 7.38. The Bertz CT molecular complexity index is 466. The minimum Gasteiger partial charge on any atom is -0.268 e. The Kier molecular flexibility index (Phi) is 3.99. The number of rotatable bonds is 4. The van der Waals surface area contributed by atoms with Crippen LogP contribution in [0.2, 0.25) is 0 Å². The maximum Gasteiger partial charge on any atom is 0.170 e. The van der Waals surface area contributed by atoms with Crippen LogP contribution in [0.4, 0.5) is 0 Å². The second kappa shape index (κ2) is 5.29. The van der Waals surface area contributed by atoms with Crippen LogP contribution in [-0.4, -0.2) is 19.1 Å². The predicted molar refractivity (Wildman–Crippen MR) is 69.8 cm³/mol. The third-order valence-corrected chi connectivity index (χ3v) is 4.97. The lowest BCUT2D eigenvalue weighted by Gasteiger charge is -2.03. The van der Waals surface area contributed by atoms with Crippen molar-refractivity contribution in [1.29, 1.82) is 0 Å². The molecule has 2 rings (SSSR count). The molecular formula is C9H11BrN4S2. The number of hydrogen-bond acceptors (Lipinski definition) is 5. The molecule has 0 unspecified atom stereocenters. The molecule has 0 radical (unpaired) electrons.